The molecule has 8 unspecified atom stereocenters. The highest BCUT2D eigenvalue weighted by molar-refractivity contribution is 6.03. The van der Waals surface area contributed by atoms with Gasteiger partial charge in [-0.25, -0.2) is 0 Å². The molecule has 0 bridgehead atoms. The maximum absolute atomic E-state index is 13.7. The number of Topliss-reactive ketones (excluding diaryl/α,β-unsaturated/α-hetero) is 1. The van der Waals surface area contributed by atoms with Crippen LogP contribution in [0.2, 0.25) is 0 Å². The number of aliphatic imine (C=N–C) groups is 1. The van der Waals surface area contributed by atoms with Crippen LogP contribution in [0.1, 0.15) is 99.3 Å². The van der Waals surface area contributed by atoms with Crippen molar-refractivity contribution in [3.63, 3.8) is 0 Å². The maximum atomic E-state index is 13.7. The number of hydrogen-bond acceptors (Lipinski definition) is 4. The van der Waals surface area contributed by atoms with Crippen molar-refractivity contribution in [1.29, 1.82) is 0 Å². The molecule has 0 saturated heterocycles. The summed E-state index contributed by atoms with van der Waals surface area (Å²) in [6.07, 6.45) is 12.7. The molecule has 0 aromatic carbocycles. The minimum Gasteiger partial charge on any atom is -0.393 e. The molecule has 4 saturated carbocycles. The molecule has 5 nitrogen and oxygen atoms in total. The summed E-state index contributed by atoms with van der Waals surface area (Å²) in [6, 6.07) is 0. The lowest BCUT2D eigenvalue weighted by Crippen LogP contribution is -2.62. The lowest BCUT2D eigenvalue weighted by atomic mass is 9.37. The van der Waals surface area contributed by atoms with E-state index >= 15 is 0 Å². The Balaban J connectivity index is 1.57. The number of ketones is 1. The highest BCUT2D eigenvalue weighted by atomic mass is 16.3. The fraction of sp³-hybridized carbons (Fsp3) is 0.771. The smallest absolute Gasteiger partial charge is 0.161 e. The summed E-state index contributed by atoms with van der Waals surface area (Å²) in [4.78, 5) is 21.0. The first-order valence-corrected chi connectivity index (χ1v) is 16.0. The van der Waals surface area contributed by atoms with Crippen LogP contribution in [0, 0.1) is 45.8 Å². The Morgan fingerprint density at radius 2 is 1.70 bits per heavy atom. The zero-order valence-electron chi connectivity index (χ0n) is 26.5. The number of amidine groups is 1. The largest absolute Gasteiger partial charge is 0.393 e. The first kappa shape index (κ1) is 29.6. The van der Waals surface area contributed by atoms with Crippen molar-refractivity contribution in [2.45, 2.75) is 111 Å². The number of likely N-dealkylation sites (N-methyl/N-ethyl adjacent to an activating group) is 1. The predicted octanol–water partition coefficient (Wildman–Crippen LogP) is 6.68. The summed E-state index contributed by atoms with van der Waals surface area (Å²) in [5.74, 6) is 3.16. The third kappa shape index (κ3) is 4.11. The van der Waals surface area contributed by atoms with Crippen molar-refractivity contribution in [2.24, 2.45) is 56.6 Å². The van der Waals surface area contributed by atoms with E-state index in [1.54, 1.807) is 6.08 Å². The molecular weight excluding hydrogens is 494 g/mol. The van der Waals surface area contributed by atoms with E-state index in [-0.39, 0.29) is 34.1 Å². The Hall–Kier alpha value is -1.88. The molecule has 0 radical (unpaired) electrons. The van der Waals surface area contributed by atoms with Crippen LogP contribution in [0.25, 0.3) is 0 Å². The Morgan fingerprint density at radius 3 is 2.33 bits per heavy atom. The van der Waals surface area contributed by atoms with Crippen molar-refractivity contribution in [2.75, 3.05) is 14.1 Å². The normalized spacial score (nSPS) is 43.1. The summed E-state index contributed by atoms with van der Waals surface area (Å²) >= 11 is 0. The number of carbonyl (C=O) groups excluding carboxylic acids is 1. The van der Waals surface area contributed by atoms with Gasteiger partial charge in [0.05, 0.1) is 17.3 Å². The number of fused-ring (bicyclic) bond motifs is 7. The molecular formula is C35H55N3O2. The molecule has 0 amide bonds. The monoisotopic (exact) mass is 549 g/mol. The van der Waals surface area contributed by atoms with Gasteiger partial charge in [-0.1, -0.05) is 54.2 Å². The van der Waals surface area contributed by atoms with E-state index in [4.69, 9.17) is 10.7 Å². The van der Waals surface area contributed by atoms with Crippen molar-refractivity contribution < 1.29 is 9.90 Å². The highest BCUT2D eigenvalue weighted by Gasteiger charge is 2.66. The van der Waals surface area contributed by atoms with E-state index in [9.17, 15) is 9.90 Å². The summed E-state index contributed by atoms with van der Waals surface area (Å²) < 4.78 is 0. The van der Waals surface area contributed by atoms with Crippen molar-refractivity contribution in [1.82, 2.24) is 4.90 Å². The molecule has 0 aromatic heterocycles. The summed E-state index contributed by atoms with van der Waals surface area (Å²) in [7, 11) is 3.96. The molecule has 8 atom stereocenters. The van der Waals surface area contributed by atoms with Gasteiger partial charge in [-0.3, -0.25) is 9.79 Å². The lowest BCUT2D eigenvalue weighted by Gasteiger charge is -2.68. The van der Waals surface area contributed by atoms with Crippen LogP contribution < -0.4 is 5.73 Å². The Kier molecular flexibility index (Phi) is 7.29. The SMILES string of the molecule is C=C/C=C(/C(N)=NC12CCC3C(CCC4C3(C)CCC3C(C)(C)C(O)CCC34C)C1=C(C(C)C)C(=O)C2)N(C)C. The molecule has 5 aliphatic carbocycles. The van der Waals surface area contributed by atoms with Crippen molar-refractivity contribution >= 4 is 11.6 Å². The van der Waals surface area contributed by atoms with Crippen molar-refractivity contribution in [3.8, 4) is 0 Å². The number of nitrogens with zero attached hydrogens (tertiary/aromatic N) is 2. The third-order valence-electron chi connectivity index (χ3n) is 12.9. The van der Waals surface area contributed by atoms with E-state index in [1.807, 2.05) is 25.1 Å². The quantitative estimate of drug-likeness (QED) is 0.228. The van der Waals surface area contributed by atoms with Crippen LogP contribution >= 0.6 is 0 Å². The second-order valence-electron chi connectivity index (χ2n) is 15.7. The van der Waals surface area contributed by atoms with E-state index in [2.05, 4.69) is 48.1 Å². The number of rotatable bonds is 5. The minimum absolute atomic E-state index is 0.0343. The van der Waals surface area contributed by atoms with Gasteiger partial charge >= 0.3 is 0 Å². The number of aliphatic hydroxyl groups is 1. The van der Waals surface area contributed by atoms with Gasteiger partial charge in [0.1, 0.15) is 5.84 Å². The topological polar surface area (TPSA) is 78.9 Å². The number of aliphatic hydroxyl groups excluding tert-OH is 1. The number of carbonyl (C=O) groups is 1. The zero-order valence-corrected chi connectivity index (χ0v) is 26.5. The lowest BCUT2D eigenvalue weighted by molar-refractivity contribution is -0.201. The summed E-state index contributed by atoms with van der Waals surface area (Å²) in [5, 5.41) is 11.0. The average molecular weight is 550 g/mol. The minimum atomic E-state index is -0.514. The second kappa shape index (κ2) is 9.85. The molecule has 3 N–H and O–H groups in total. The van der Waals surface area contributed by atoms with E-state index in [0.29, 0.717) is 35.9 Å². The van der Waals surface area contributed by atoms with Gasteiger partial charge in [-0.2, -0.15) is 0 Å². The molecule has 5 rings (SSSR count). The number of hydrogen-bond donors (Lipinski definition) is 2. The van der Waals surface area contributed by atoms with Gasteiger partial charge in [0.2, 0.25) is 0 Å². The molecule has 5 heteroatoms. The van der Waals surface area contributed by atoms with Crippen molar-refractivity contribution in [3.05, 3.63) is 35.6 Å². The summed E-state index contributed by atoms with van der Waals surface area (Å²) in [5.41, 5.74) is 9.91. The second-order valence-corrected chi connectivity index (χ2v) is 15.7. The Morgan fingerprint density at radius 1 is 1.02 bits per heavy atom. The highest BCUT2D eigenvalue weighted by Crippen LogP contribution is 2.72. The van der Waals surface area contributed by atoms with Gasteiger partial charge in [-0.15, -0.1) is 0 Å². The van der Waals surface area contributed by atoms with Crippen LogP contribution in [0.3, 0.4) is 0 Å². The molecule has 222 valence electrons. The standard InChI is InChI=1S/C35H55N3O2/c1-10-11-24(38(8)9)31(36)37-35-19-14-23-22(30(35)29(21(2)3)25(39)20-35)12-13-27-33(23,6)17-15-26-32(4,5)28(40)16-18-34(26,27)7/h10-11,21-23,26-28,40H,1,12-20H2,2-9H3,(H2,36,37)/b24-11-. The van der Waals surface area contributed by atoms with Crippen LogP contribution in [-0.4, -0.2) is 47.4 Å². The zero-order chi connectivity index (χ0) is 29.4. The van der Waals surface area contributed by atoms with Crippen LogP contribution in [0.4, 0.5) is 0 Å². The van der Waals surface area contributed by atoms with Gasteiger partial charge in [0, 0.05) is 20.5 Å². The van der Waals surface area contributed by atoms with E-state index < -0.39 is 5.54 Å². The Labute approximate surface area is 243 Å². The van der Waals surface area contributed by atoms with Gasteiger partial charge < -0.3 is 15.7 Å². The van der Waals surface area contributed by atoms with Gasteiger partial charge in [0.25, 0.3) is 0 Å². The van der Waals surface area contributed by atoms with Crippen LogP contribution in [0.15, 0.2) is 40.6 Å². The molecule has 0 spiro atoms. The molecule has 0 aliphatic heterocycles. The Bertz CT molecular complexity index is 1160. The molecule has 40 heavy (non-hydrogen) atoms. The van der Waals surface area contributed by atoms with Gasteiger partial charge in [0.15, 0.2) is 5.78 Å². The van der Waals surface area contributed by atoms with Crippen LogP contribution in [0.5, 0.6) is 0 Å². The maximum Gasteiger partial charge on any atom is 0.161 e. The van der Waals surface area contributed by atoms with Gasteiger partial charge in [-0.05, 0) is 114 Å². The third-order valence-corrected chi connectivity index (χ3v) is 12.9. The molecule has 0 aromatic rings. The fourth-order valence-corrected chi connectivity index (χ4v) is 11.2. The first-order chi connectivity index (χ1) is 18.6. The van der Waals surface area contributed by atoms with E-state index in [0.717, 1.165) is 43.4 Å². The van der Waals surface area contributed by atoms with E-state index in [1.165, 1.54) is 24.8 Å². The molecule has 5 aliphatic rings. The molecule has 4 fully saturated rings. The average Bonchev–Trinajstić information content (AvgIpc) is 3.16. The first-order valence-electron chi connectivity index (χ1n) is 16.0. The number of nitrogens with two attached hydrogens (primary N) is 1. The number of allylic oxidation sites excluding steroid dienone is 3. The summed E-state index contributed by atoms with van der Waals surface area (Å²) in [6.45, 7) is 18.1. The van der Waals surface area contributed by atoms with Crippen LogP contribution in [-0.2, 0) is 4.79 Å². The fourth-order valence-electron chi connectivity index (χ4n) is 11.2. The predicted molar refractivity (Wildman–Crippen MR) is 165 cm³/mol. The molecule has 0 heterocycles.